The van der Waals surface area contributed by atoms with Crippen molar-refractivity contribution in [3.05, 3.63) is 108 Å². The molecule has 0 bridgehead atoms. The highest BCUT2D eigenvalue weighted by Crippen LogP contribution is 2.27. The minimum atomic E-state index is -0.188. The first-order valence-electron chi connectivity index (χ1n) is 10.6. The van der Waals surface area contributed by atoms with Gasteiger partial charge >= 0.3 is 0 Å². The van der Waals surface area contributed by atoms with Crippen molar-refractivity contribution in [3.63, 3.8) is 0 Å². The molecule has 162 valence electrons. The van der Waals surface area contributed by atoms with Gasteiger partial charge in [0, 0.05) is 23.0 Å². The fourth-order valence-corrected chi connectivity index (χ4v) is 3.47. The lowest BCUT2D eigenvalue weighted by molar-refractivity contribution is 0.102. The number of aryl methyl sites for hydroxylation is 1. The average Bonchev–Trinajstić information content (AvgIpc) is 3.29. The van der Waals surface area contributed by atoms with E-state index in [4.69, 9.17) is 9.15 Å². The number of benzene rings is 3. The number of nitrogens with zero attached hydrogens (tertiary/aromatic N) is 2. The SMILES string of the molecule is Cc1cc(-c2nc3ncccc3o2)ccc1NC(=O)c1ccc(OCc2ccccc2)cc1. The first-order chi connectivity index (χ1) is 16.2. The van der Waals surface area contributed by atoms with Gasteiger partial charge in [-0.1, -0.05) is 30.3 Å². The highest BCUT2D eigenvalue weighted by Gasteiger charge is 2.12. The van der Waals surface area contributed by atoms with Crippen LogP contribution in [0.1, 0.15) is 21.5 Å². The second kappa shape index (κ2) is 8.96. The van der Waals surface area contributed by atoms with Crippen LogP contribution in [0.3, 0.4) is 0 Å². The molecule has 0 atom stereocenters. The monoisotopic (exact) mass is 435 g/mol. The molecule has 0 fully saturated rings. The number of rotatable bonds is 6. The van der Waals surface area contributed by atoms with Gasteiger partial charge in [0.1, 0.15) is 12.4 Å². The number of nitrogens with one attached hydrogen (secondary N) is 1. The number of hydrogen-bond acceptors (Lipinski definition) is 5. The maximum Gasteiger partial charge on any atom is 0.255 e. The molecule has 2 aromatic heterocycles. The van der Waals surface area contributed by atoms with E-state index >= 15 is 0 Å². The van der Waals surface area contributed by atoms with Gasteiger partial charge < -0.3 is 14.5 Å². The summed E-state index contributed by atoms with van der Waals surface area (Å²) < 4.78 is 11.6. The van der Waals surface area contributed by atoms with Crippen LogP contribution in [-0.2, 0) is 6.61 Å². The van der Waals surface area contributed by atoms with Gasteiger partial charge in [0.05, 0.1) is 0 Å². The Bertz CT molecular complexity index is 1380. The van der Waals surface area contributed by atoms with E-state index in [0.29, 0.717) is 35.0 Å². The van der Waals surface area contributed by atoms with E-state index < -0.39 is 0 Å². The number of pyridine rings is 1. The summed E-state index contributed by atoms with van der Waals surface area (Å²) in [5.41, 5.74) is 5.30. The van der Waals surface area contributed by atoms with E-state index in [1.54, 1.807) is 30.5 Å². The molecule has 0 saturated carbocycles. The summed E-state index contributed by atoms with van der Waals surface area (Å²) >= 11 is 0. The molecule has 0 saturated heterocycles. The molecule has 0 radical (unpaired) electrons. The van der Waals surface area contributed by atoms with Crippen LogP contribution in [-0.4, -0.2) is 15.9 Å². The number of carbonyl (C=O) groups is 1. The summed E-state index contributed by atoms with van der Waals surface area (Å²) in [6.07, 6.45) is 1.68. The molecule has 33 heavy (non-hydrogen) atoms. The van der Waals surface area contributed by atoms with Crippen LogP contribution in [0.4, 0.5) is 5.69 Å². The molecule has 0 aliphatic rings. The predicted octanol–water partition coefficient (Wildman–Crippen LogP) is 6.03. The third-order valence-corrected chi connectivity index (χ3v) is 5.25. The Labute approximate surface area is 190 Å². The summed E-state index contributed by atoms with van der Waals surface area (Å²) in [5.74, 6) is 1.02. The normalized spacial score (nSPS) is 10.8. The summed E-state index contributed by atoms with van der Waals surface area (Å²) in [6.45, 7) is 2.41. The Kier molecular flexibility index (Phi) is 5.55. The molecule has 0 spiro atoms. The third-order valence-electron chi connectivity index (χ3n) is 5.25. The smallest absolute Gasteiger partial charge is 0.255 e. The Morgan fingerprint density at radius 2 is 1.79 bits per heavy atom. The van der Waals surface area contributed by atoms with Crippen molar-refractivity contribution in [2.75, 3.05) is 5.32 Å². The van der Waals surface area contributed by atoms with Crippen LogP contribution in [0.5, 0.6) is 5.75 Å². The molecule has 6 nitrogen and oxygen atoms in total. The van der Waals surface area contributed by atoms with Gasteiger partial charge in [-0.3, -0.25) is 4.79 Å². The van der Waals surface area contributed by atoms with E-state index in [9.17, 15) is 4.79 Å². The van der Waals surface area contributed by atoms with Crippen LogP contribution in [0, 0.1) is 6.92 Å². The maximum atomic E-state index is 12.7. The molecule has 1 N–H and O–H groups in total. The zero-order valence-electron chi connectivity index (χ0n) is 18.0. The van der Waals surface area contributed by atoms with Crippen molar-refractivity contribution in [2.24, 2.45) is 0 Å². The number of ether oxygens (including phenoxy) is 1. The van der Waals surface area contributed by atoms with Crippen molar-refractivity contribution >= 4 is 22.8 Å². The number of anilines is 1. The van der Waals surface area contributed by atoms with Crippen molar-refractivity contribution in [1.82, 2.24) is 9.97 Å². The van der Waals surface area contributed by atoms with E-state index in [1.807, 2.05) is 67.6 Å². The summed E-state index contributed by atoms with van der Waals surface area (Å²) in [6, 6.07) is 26.3. The van der Waals surface area contributed by atoms with E-state index in [1.165, 1.54) is 0 Å². The molecule has 3 aromatic carbocycles. The highest BCUT2D eigenvalue weighted by molar-refractivity contribution is 6.04. The Morgan fingerprint density at radius 1 is 0.970 bits per heavy atom. The molecule has 0 aliphatic heterocycles. The number of aromatic nitrogens is 2. The quantitative estimate of drug-likeness (QED) is 0.352. The van der Waals surface area contributed by atoms with Gasteiger partial charge in [0.25, 0.3) is 5.91 Å². The first kappa shape index (κ1) is 20.5. The summed E-state index contributed by atoms with van der Waals surface area (Å²) in [7, 11) is 0. The second-order valence-corrected chi connectivity index (χ2v) is 7.63. The van der Waals surface area contributed by atoms with Crippen molar-refractivity contribution in [3.8, 4) is 17.2 Å². The van der Waals surface area contributed by atoms with Gasteiger partial charge in [0.2, 0.25) is 5.89 Å². The minimum Gasteiger partial charge on any atom is -0.489 e. The van der Waals surface area contributed by atoms with E-state index in [2.05, 4.69) is 15.3 Å². The molecule has 0 aliphatic carbocycles. The zero-order valence-corrected chi connectivity index (χ0v) is 18.0. The summed E-state index contributed by atoms with van der Waals surface area (Å²) in [5, 5.41) is 2.97. The molecule has 1 amide bonds. The number of fused-ring (bicyclic) bond motifs is 1. The van der Waals surface area contributed by atoms with Crippen LogP contribution >= 0.6 is 0 Å². The Hall–Kier alpha value is -4.45. The summed E-state index contributed by atoms with van der Waals surface area (Å²) in [4.78, 5) is 21.4. The lowest BCUT2D eigenvalue weighted by Crippen LogP contribution is -2.12. The lowest BCUT2D eigenvalue weighted by atomic mass is 10.1. The number of oxazole rings is 1. The minimum absolute atomic E-state index is 0.188. The lowest BCUT2D eigenvalue weighted by Gasteiger charge is -2.10. The molecule has 5 rings (SSSR count). The average molecular weight is 435 g/mol. The van der Waals surface area contributed by atoms with Crippen LogP contribution in [0.25, 0.3) is 22.7 Å². The largest absolute Gasteiger partial charge is 0.489 e. The molecule has 2 heterocycles. The Morgan fingerprint density at radius 3 is 2.55 bits per heavy atom. The predicted molar refractivity (Wildman–Crippen MR) is 127 cm³/mol. The van der Waals surface area contributed by atoms with E-state index in [-0.39, 0.29) is 5.91 Å². The van der Waals surface area contributed by atoms with E-state index in [0.717, 1.165) is 22.4 Å². The first-order valence-corrected chi connectivity index (χ1v) is 10.6. The van der Waals surface area contributed by atoms with Crippen LogP contribution in [0.15, 0.2) is 95.5 Å². The zero-order chi connectivity index (χ0) is 22.6. The maximum absolute atomic E-state index is 12.7. The third kappa shape index (κ3) is 4.60. The fourth-order valence-electron chi connectivity index (χ4n) is 3.47. The fraction of sp³-hybridized carbons (Fsp3) is 0.0741. The van der Waals surface area contributed by atoms with Crippen LogP contribution < -0.4 is 10.1 Å². The molecule has 5 aromatic rings. The Balaban J connectivity index is 1.25. The van der Waals surface area contributed by atoms with Gasteiger partial charge in [-0.2, -0.15) is 4.98 Å². The van der Waals surface area contributed by atoms with Crippen molar-refractivity contribution < 1.29 is 13.9 Å². The molecule has 6 heteroatoms. The number of carbonyl (C=O) groups excluding carboxylic acids is 1. The van der Waals surface area contributed by atoms with Crippen molar-refractivity contribution in [2.45, 2.75) is 13.5 Å². The molecular weight excluding hydrogens is 414 g/mol. The topological polar surface area (TPSA) is 77.3 Å². The molecular formula is C27H21N3O3. The van der Waals surface area contributed by atoms with Crippen molar-refractivity contribution in [1.29, 1.82) is 0 Å². The highest BCUT2D eigenvalue weighted by atomic mass is 16.5. The van der Waals surface area contributed by atoms with Gasteiger partial charge in [-0.25, -0.2) is 4.98 Å². The van der Waals surface area contributed by atoms with Gasteiger partial charge in [0.15, 0.2) is 11.2 Å². The number of hydrogen-bond donors (Lipinski definition) is 1. The van der Waals surface area contributed by atoms with Gasteiger partial charge in [-0.15, -0.1) is 0 Å². The molecule has 0 unspecified atom stereocenters. The second-order valence-electron chi connectivity index (χ2n) is 7.63. The van der Waals surface area contributed by atoms with Gasteiger partial charge in [-0.05, 0) is 72.6 Å². The standard InChI is InChI=1S/C27H21N3O3/c1-18-16-21(27-30-25-24(33-27)8-5-15-28-25)11-14-23(18)29-26(31)20-9-12-22(13-10-20)32-17-19-6-3-2-4-7-19/h2-16H,17H2,1H3,(H,29,31). The van der Waals surface area contributed by atoms with Crippen LogP contribution in [0.2, 0.25) is 0 Å². The number of amides is 1.